The fourth-order valence-electron chi connectivity index (χ4n) is 3.70. The first-order valence-corrected chi connectivity index (χ1v) is 7.97. The van der Waals surface area contributed by atoms with Gasteiger partial charge in [-0.25, -0.2) is 4.39 Å². The van der Waals surface area contributed by atoms with E-state index in [1.165, 1.54) is 43.2 Å². The molecule has 2 aliphatic rings. The van der Waals surface area contributed by atoms with Crippen LogP contribution in [0.2, 0.25) is 0 Å². The zero-order valence-electron chi connectivity index (χ0n) is 12.2. The topological polar surface area (TPSA) is 0 Å². The van der Waals surface area contributed by atoms with Crippen LogP contribution in [0, 0.1) is 17.7 Å². The van der Waals surface area contributed by atoms with Gasteiger partial charge in [-0.05, 0) is 72.6 Å². The van der Waals surface area contributed by atoms with Crippen LogP contribution in [-0.4, -0.2) is 0 Å². The van der Waals surface area contributed by atoms with Gasteiger partial charge in [0.2, 0.25) is 0 Å². The number of benzene rings is 1. The first-order chi connectivity index (χ1) is 9.16. The minimum absolute atomic E-state index is 0.0452. The van der Waals surface area contributed by atoms with Crippen molar-refractivity contribution in [3.63, 3.8) is 0 Å². The SMILES string of the molecule is CC(C)[C@@H]1CCCc2c1ccc(F)c2CCC1CC1. The predicted octanol–water partition coefficient (Wildman–Crippen LogP) is 5.24. The summed E-state index contributed by atoms with van der Waals surface area (Å²) >= 11 is 0. The molecule has 3 rings (SSSR count). The number of fused-ring (bicyclic) bond motifs is 1. The van der Waals surface area contributed by atoms with Crippen LogP contribution in [-0.2, 0) is 12.8 Å². The summed E-state index contributed by atoms with van der Waals surface area (Å²) in [4.78, 5) is 0. The molecule has 0 bridgehead atoms. The Labute approximate surface area is 116 Å². The molecule has 19 heavy (non-hydrogen) atoms. The van der Waals surface area contributed by atoms with Gasteiger partial charge < -0.3 is 0 Å². The van der Waals surface area contributed by atoms with Crippen molar-refractivity contribution in [1.82, 2.24) is 0 Å². The van der Waals surface area contributed by atoms with E-state index in [0.29, 0.717) is 11.8 Å². The lowest BCUT2D eigenvalue weighted by Gasteiger charge is -2.30. The van der Waals surface area contributed by atoms with Crippen molar-refractivity contribution in [2.45, 2.75) is 64.7 Å². The minimum Gasteiger partial charge on any atom is -0.207 e. The highest BCUT2D eigenvalue weighted by atomic mass is 19.1. The average Bonchev–Trinajstić information content (AvgIpc) is 3.20. The van der Waals surface area contributed by atoms with Crippen LogP contribution in [0.5, 0.6) is 0 Å². The Kier molecular flexibility index (Phi) is 3.64. The van der Waals surface area contributed by atoms with E-state index < -0.39 is 0 Å². The molecule has 0 amide bonds. The molecule has 0 N–H and O–H groups in total. The number of rotatable bonds is 4. The average molecular weight is 260 g/mol. The van der Waals surface area contributed by atoms with Gasteiger partial charge in [0.15, 0.2) is 0 Å². The first-order valence-electron chi connectivity index (χ1n) is 7.97. The van der Waals surface area contributed by atoms with Gasteiger partial charge in [-0.2, -0.15) is 0 Å². The van der Waals surface area contributed by atoms with E-state index in [1.54, 1.807) is 6.07 Å². The molecule has 0 unspecified atom stereocenters. The lowest BCUT2D eigenvalue weighted by molar-refractivity contribution is 0.429. The quantitative estimate of drug-likeness (QED) is 0.694. The van der Waals surface area contributed by atoms with E-state index in [0.717, 1.165) is 24.3 Å². The van der Waals surface area contributed by atoms with Crippen molar-refractivity contribution >= 4 is 0 Å². The Morgan fingerprint density at radius 1 is 1.21 bits per heavy atom. The Hall–Kier alpha value is -0.850. The smallest absolute Gasteiger partial charge is 0.126 e. The van der Waals surface area contributed by atoms with Gasteiger partial charge in [0.05, 0.1) is 0 Å². The fourth-order valence-corrected chi connectivity index (χ4v) is 3.70. The molecule has 1 heteroatoms. The molecule has 0 saturated heterocycles. The van der Waals surface area contributed by atoms with E-state index in [2.05, 4.69) is 19.9 Å². The van der Waals surface area contributed by atoms with Gasteiger partial charge >= 0.3 is 0 Å². The monoisotopic (exact) mass is 260 g/mol. The van der Waals surface area contributed by atoms with E-state index in [4.69, 9.17) is 0 Å². The zero-order valence-corrected chi connectivity index (χ0v) is 12.2. The van der Waals surface area contributed by atoms with Crippen molar-refractivity contribution in [3.05, 3.63) is 34.6 Å². The maximum atomic E-state index is 14.2. The van der Waals surface area contributed by atoms with Gasteiger partial charge in [-0.3, -0.25) is 0 Å². The van der Waals surface area contributed by atoms with Crippen molar-refractivity contribution in [1.29, 1.82) is 0 Å². The molecule has 104 valence electrons. The molecule has 0 aromatic heterocycles. The van der Waals surface area contributed by atoms with E-state index in [1.807, 2.05) is 0 Å². The van der Waals surface area contributed by atoms with Crippen LogP contribution in [0.25, 0.3) is 0 Å². The maximum absolute atomic E-state index is 14.2. The molecule has 1 atom stereocenters. The molecule has 1 aromatic carbocycles. The summed E-state index contributed by atoms with van der Waals surface area (Å²) in [5.41, 5.74) is 3.87. The second-order valence-corrected chi connectivity index (χ2v) is 6.82. The van der Waals surface area contributed by atoms with Crippen LogP contribution in [0.3, 0.4) is 0 Å². The summed E-state index contributed by atoms with van der Waals surface area (Å²) in [6.45, 7) is 4.60. The lowest BCUT2D eigenvalue weighted by Crippen LogP contribution is -2.17. The van der Waals surface area contributed by atoms with Crippen molar-refractivity contribution < 1.29 is 4.39 Å². The molecule has 1 aromatic rings. The third-order valence-electron chi connectivity index (χ3n) is 5.06. The van der Waals surface area contributed by atoms with Crippen LogP contribution in [0.1, 0.15) is 68.6 Å². The van der Waals surface area contributed by atoms with Crippen molar-refractivity contribution in [3.8, 4) is 0 Å². The van der Waals surface area contributed by atoms with E-state index in [-0.39, 0.29) is 5.82 Å². The number of hydrogen-bond acceptors (Lipinski definition) is 0. The molecule has 1 fully saturated rings. The summed E-state index contributed by atoms with van der Waals surface area (Å²) in [5.74, 6) is 2.24. The Morgan fingerprint density at radius 2 is 2.00 bits per heavy atom. The third kappa shape index (κ3) is 2.70. The molecular formula is C18H25F. The van der Waals surface area contributed by atoms with Crippen molar-refractivity contribution in [2.24, 2.45) is 11.8 Å². The highest BCUT2D eigenvalue weighted by Gasteiger charge is 2.27. The van der Waals surface area contributed by atoms with Crippen LogP contribution in [0.15, 0.2) is 12.1 Å². The normalized spacial score (nSPS) is 22.6. The standard InChI is InChI=1S/C18H25F/c1-12(2)14-4-3-5-15-16(14)10-11-18(19)17(15)9-8-13-6-7-13/h10-14H,3-9H2,1-2H3/t14-/m0/s1. The lowest BCUT2D eigenvalue weighted by atomic mass is 9.75. The number of halogens is 1. The van der Waals surface area contributed by atoms with Crippen LogP contribution in [0.4, 0.5) is 4.39 Å². The van der Waals surface area contributed by atoms with Gasteiger partial charge in [0.25, 0.3) is 0 Å². The maximum Gasteiger partial charge on any atom is 0.126 e. The van der Waals surface area contributed by atoms with Gasteiger partial charge in [0.1, 0.15) is 5.82 Å². The molecule has 0 spiro atoms. The third-order valence-corrected chi connectivity index (χ3v) is 5.06. The Bertz CT molecular complexity index is 457. The van der Waals surface area contributed by atoms with E-state index in [9.17, 15) is 4.39 Å². The molecule has 1 saturated carbocycles. The second kappa shape index (κ2) is 5.26. The van der Waals surface area contributed by atoms with Gasteiger partial charge in [-0.15, -0.1) is 0 Å². The summed E-state index contributed by atoms with van der Waals surface area (Å²) in [7, 11) is 0. The minimum atomic E-state index is 0.0452. The Morgan fingerprint density at radius 3 is 2.68 bits per heavy atom. The molecule has 0 radical (unpaired) electrons. The molecule has 0 heterocycles. The van der Waals surface area contributed by atoms with Crippen LogP contribution >= 0.6 is 0 Å². The van der Waals surface area contributed by atoms with Crippen LogP contribution < -0.4 is 0 Å². The highest BCUT2D eigenvalue weighted by Crippen LogP contribution is 2.40. The fraction of sp³-hybridized carbons (Fsp3) is 0.667. The van der Waals surface area contributed by atoms with Gasteiger partial charge in [0, 0.05) is 0 Å². The zero-order chi connectivity index (χ0) is 13.4. The first kappa shape index (κ1) is 13.1. The van der Waals surface area contributed by atoms with E-state index >= 15 is 0 Å². The molecule has 2 aliphatic carbocycles. The largest absolute Gasteiger partial charge is 0.207 e. The number of hydrogen-bond donors (Lipinski definition) is 0. The summed E-state index contributed by atoms with van der Waals surface area (Å²) < 4.78 is 14.2. The summed E-state index contributed by atoms with van der Waals surface area (Å²) in [5, 5.41) is 0. The predicted molar refractivity (Wildman–Crippen MR) is 78.0 cm³/mol. The summed E-state index contributed by atoms with van der Waals surface area (Å²) in [6.07, 6.45) is 8.49. The summed E-state index contributed by atoms with van der Waals surface area (Å²) in [6, 6.07) is 3.79. The van der Waals surface area contributed by atoms with Gasteiger partial charge in [-0.1, -0.05) is 32.8 Å². The second-order valence-electron chi connectivity index (χ2n) is 6.82. The highest BCUT2D eigenvalue weighted by molar-refractivity contribution is 5.40. The van der Waals surface area contributed by atoms with Crippen molar-refractivity contribution in [2.75, 3.05) is 0 Å². The molecule has 0 aliphatic heterocycles. The molecular weight excluding hydrogens is 235 g/mol. The Balaban J connectivity index is 1.91. The molecule has 0 nitrogen and oxygen atoms in total.